The van der Waals surface area contributed by atoms with Crippen LogP contribution >= 0.6 is 0 Å². The van der Waals surface area contributed by atoms with Gasteiger partial charge in [0.1, 0.15) is 4.90 Å². The second-order valence-electron chi connectivity index (χ2n) is 5.75. The number of hydrogen-bond donors (Lipinski definition) is 1. The lowest BCUT2D eigenvalue weighted by Crippen LogP contribution is -2.35. The molecule has 0 amide bonds. The summed E-state index contributed by atoms with van der Waals surface area (Å²) in [5.74, 6) is 0. The number of nitrogens with zero attached hydrogens (tertiary/aromatic N) is 1. The minimum absolute atomic E-state index is 0.0654. The van der Waals surface area contributed by atoms with Gasteiger partial charge in [-0.2, -0.15) is 0 Å². The highest BCUT2D eigenvalue weighted by atomic mass is 32.2. The largest absolute Gasteiger partial charge is 0.370 e. The molecule has 1 unspecified atom stereocenters. The molecule has 0 saturated carbocycles. The maximum atomic E-state index is 12.7. The zero-order chi connectivity index (χ0) is 14.7. The number of rotatable bonds is 4. The number of piperidine rings is 1. The lowest BCUT2D eigenvalue weighted by molar-refractivity contribution is 0.560. The van der Waals surface area contributed by atoms with E-state index in [0.717, 1.165) is 44.5 Å². The van der Waals surface area contributed by atoms with Gasteiger partial charge >= 0.3 is 0 Å². The van der Waals surface area contributed by atoms with E-state index in [9.17, 15) is 8.42 Å². The summed E-state index contributed by atoms with van der Waals surface area (Å²) < 4.78 is 28.2. The molecule has 0 aromatic heterocycles. The topological polar surface area (TPSA) is 49.4 Å². The molecule has 5 heteroatoms. The second kappa shape index (κ2) is 6.20. The molecule has 4 nitrogen and oxygen atoms in total. The van der Waals surface area contributed by atoms with Crippen molar-refractivity contribution in [2.75, 3.05) is 18.0 Å². The number of anilines is 1. The van der Waals surface area contributed by atoms with E-state index >= 15 is 0 Å². The van der Waals surface area contributed by atoms with E-state index in [1.54, 1.807) is 12.1 Å². The van der Waals surface area contributed by atoms with Crippen molar-refractivity contribution in [1.29, 1.82) is 0 Å². The standard InChI is InChI=1S/C16H22N2O2S/c19-21(20,17-14-8-2-3-9-14)16-11-5-4-10-15(16)18-12-6-1-7-13-18/h2,4-5,8,10-11,14,17H,1,3,6-7,9,12-13H2. The summed E-state index contributed by atoms with van der Waals surface area (Å²) >= 11 is 0. The highest BCUT2D eigenvalue weighted by Crippen LogP contribution is 2.28. The van der Waals surface area contributed by atoms with Crippen LogP contribution in [0, 0.1) is 0 Å². The van der Waals surface area contributed by atoms with Crippen molar-refractivity contribution < 1.29 is 8.42 Å². The first kappa shape index (κ1) is 14.6. The highest BCUT2D eigenvalue weighted by Gasteiger charge is 2.25. The van der Waals surface area contributed by atoms with Crippen molar-refractivity contribution in [1.82, 2.24) is 4.72 Å². The predicted molar refractivity (Wildman–Crippen MR) is 85.0 cm³/mol. The number of benzene rings is 1. The first-order chi connectivity index (χ1) is 10.2. The van der Waals surface area contributed by atoms with Gasteiger partial charge in [0.05, 0.1) is 5.69 Å². The summed E-state index contributed by atoms with van der Waals surface area (Å²) in [7, 11) is -3.47. The highest BCUT2D eigenvalue weighted by molar-refractivity contribution is 7.89. The van der Waals surface area contributed by atoms with E-state index in [-0.39, 0.29) is 6.04 Å². The van der Waals surface area contributed by atoms with Crippen LogP contribution in [0.5, 0.6) is 0 Å². The molecule has 1 saturated heterocycles. The third-order valence-corrected chi connectivity index (χ3v) is 5.71. The molecular weight excluding hydrogens is 284 g/mol. The van der Waals surface area contributed by atoms with Crippen LogP contribution in [0.3, 0.4) is 0 Å². The second-order valence-corrected chi connectivity index (χ2v) is 7.43. The van der Waals surface area contributed by atoms with Crippen molar-refractivity contribution in [3.63, 3.8) is 0 Å². The van der Waals surface area contributed by atoms with Gasteiger partial charge in [0.2, 0.25) is 10.0 Å². The van der Waals surface area contributed by atoms with Gasteiger partial charge in [-0.3, -0.25) is 0 Å². The molecule has 2 aliphatic rings. The predicted octanol–water partition coefficient (Wildman–Crippen LogP) is 2.67. The van der Waals surface area contributed by atoms with Crippen molar-refractivity contribution in [3.05, 3.63) is 36.4 Å². The minimum Gasteiger partial charge on any atom is -0.370 e. The summed E-state index contributed by atoms with van der Waals surface area (Å²) in [5, 5.41) is 0. The van der Waals surface area contributed by atoms with Crippen LogP contribution in [-0.4, -0.2) is 27.5 Å². The number of hydrogen-bond acceptors (Lipinski definition) is 3. The van der Waals surface area contributed by atoms with E-state index in [1.807, 2.05) is 24.3 Å². The summed E-state index contributed by atoms with van der Waals surface area (Å²) in [6, 6.07) is 7.28. The minimum atomic E-state index is -3.47. The fraction of sp³-hybridized carbons (Fsp3) is 0.500. The molecule has 1 heterocycles. The number of allylic oxidation sites excluding steroid dienone is 1. The quantitative estimate of drug-likeness (QED) is 0.870. The van der Waals surface area contributed by atoms with Crippen LogP contribution in [0.15, 0.2) is 41.3 Å². The van der Waals surface area contributed by atoms with Gasteiger partial charge in [-0.25, -0.2) is 13.1 Å². The van der Waals surface area contributed by atoms with Crippen molar-refractivity contribution in [3.8, 4) is 0 Å². The third-order valence-electron chi connectivity index (χ3n) is 4.17. The molecule has 1 aromatic carbocycles. The van der Waals surface area contributed by atoms with Crippen molar-refractivity contribution in [2.24, 2.45) is 0 Å². The van der Waals surface area contributed by atoms with E-state index in [0.29, 0.717) is 4.90 Å². The molecule has 0 bridgehead atoms. The fourth-order valence-corrected chi connectivity index (χ4v) is 4.53. The zero-order valence-corrected chi connectivity index (χ0v) is 13.0. The Morgan fingerprint density at radius 1 is 1.10 bits per heavy atom. The molecule has 1 N–H and O–H groups in total. The molecular formula is C16H22N2O2S. The number of nitrogens with one attached hydrogen (secondary N) is 1. The first-order valence-corrected chi connectivity index (χ1v) is 9.18. The third kappa shape index (κ3) is 3.30. The van der Waals surface area contributed by atoms with Gasteiger partial charge in [0, 0.05) is 19.1 Å². The summed E-state index contributed by atoms with van der Waals surface area (Å²) in [5.41, 5.74) is 0.840. The Morgan fingerprint density at radius 3 is 2.57 bits per heavy atom. The molecule has 1 aromatic rings. The van der Waals surface area contributed by atoms with Crippen LogP contribution in [0.2, 0.25) is 0 Å². The monoisotopic (exact) mass is 306 g/mol. The molecule has 1 aliphatic heterocycles. The van der Waals surface area contributed by atoms with Crippen molar-refractivity contribution >= 4 is 15.7 Å². The van der Waals surface area contributed by atoms with E-state index < -0.39 is 10.0 Å². The van der Waals surface area contributed by atoms with Gasteiger partial charge in [-0.05, 0) is 44.2 Å². The first-order valence-electron chi connectivity index (χ1n) is 7.70. The summed E-state index contributed by atoms with van der Waals surface area (Å²) in [6.45, 7) is 1.88. The Kier molecular flexibility index (Phi) is 4.31. The summed E-state index contributed by atoms with van der Waals surface area (Å²) in [6.07, 6.45) is 9.27. The van der Waals surface area contributed by atoms with Gasteiger partial charge in [-0.1, -0.05) is 24.3 Å². The summed E-state index contributed by atoms with van der Waals surface area (Å²) in [4.78, 5) is 2.61. The Bertz CT molecular complexity index is 619. The van der Waals surface area contributed by atoms with Crippen LogP contribution < -0.4 is 9.62 Å². The van der Waals surface area contributed by atoms with E-state index in [2.05, 4.69) is 9.62 Å². The molecule has 21 heavy (non-hydrogen) atoms. The normalized spacial score (nSPS) is 22.7. The van der Waals surface area contributed by atoms with Crippen LogP contribution in [0.4, 0.5) is 5.69 Å². The van der Waals surface area contributed by atoms with E-state index in [4.69, 9.17) is 0 Å². The molecule has 3 rings (SSSR count). The average Bonchev–Trinajstić information content (AvgIpc) is 3.00. The van der Waals surface area contributed by atoms with Gasteiger partial charge in [0.25, 0.3) is 0 Å². The van der Waals surface area contributed by atoms with Gasteiger partial charge in [0.15, 0.2) is 0 Å². The van der Waals surface area contributed by atoms with Gasteiger partial charge in [-0.15, -0.1) is 0 Å². The Labute approximate surface area is 126 Å². The number of para-hydroxylation sites is 1. The maximum absolute atomic E-state index is 12.7. The lowest BCUT2D eigenvalue weighted by Gasteiger charge is -2.30. The molecule has 0 spiro atoms. The van der Waals surface area contributed by atoms with Crippen LogP contribution in [0.1, 0.15) is 32.1 Å². The smallest absolute Gasteiger partial charge is 0.243 e. The fourth-order valence-electron chi connectivity index (χ4n) is 3.07. The SMILES string of the molecule is O=S(=O)(NC1C=CCC1)c1ccccc1N1CCCCC1. The van der Waals surface area contributed by atoms with Crippen LogP contribution in [0.25, 0.3) is 0 Å². The van der Waals surface area contributed by atoms with Crippen molar-refractivity contribution in [2.45, 2.75) is 43.0 Å². The van der Waals surface area contributed by atoms with E-state index in [1.165, 1.54) is 6.42 Å². The molecule has 1 atom stereocenters. The Morgan fingerprint density at radius 2 is 1.86 bits per heavy atom. The average molecular weight is 306 g/mol. The molecule has 0 radical (unpaired) electrons. The molecule has 1 aliphatic carbocycles. The lowest BCUT2D eigenvalue weighted by atomic mass is 10.1. The van der Waals surface area contributed by atoms with Crippen LogP contribution in [-0.2, 0) is 10.0 Å². The Balaban J connectivity index is 1.88. The number of sulfonamides is 1. The maximum Gasteiger partial charge on any atom is 0.243 e. The molecule has 114 valence electrons. The zero-order valence-electron chi connectivity index (χ0n) is 12.2. The van der Waals surface area contributed by atoms with Gasteiger partial charge < -0.3 is 4.90 Å². The molecule has 1 fully saturated rings. The Hall–Kier alpha value is -1.33.